The smallest absolute Gasteiger partial charge is 0.316 e. The monoisotopic (exact) mass is 219 g/mol. The number of hydrogen-bond acceptors (Lipinski definition) is 2. The Kier molecular flexibility index (Phi) is 4.93. The Labute approximate surface area is 81.6 Å². The quantitative estimate of drug-likeness (QED) is 0.661. The van der Waals surface area contributed by atoms with E-state index in [0.717, 1.165) is 12.1 Å². The molecule has 0 heterocycles. The van der Waals surface area contributed by atoms with Crippen LogP contribution in [0.1, 0.15) is 13.8 Å². The minimum absolute atomic E-state index is 1.01. The summed E-state index contributed by atoms with van der Waals surface area (Å²) in [6.45, 7) is 10.9. The first-order chi connectivity index (χ1) is 5.39. The molecule has 0 saturated heterocycles. The SMILES string of the molecule is CC[Si](CC)(O[Si])O[Si](C)(C)C. The van der Waals surface area contributed by atoms with Gasteiger partial charge in [0.15, 0.2) is 8.32 Å². The van der Waals surface area contributed by atoms with E-state index >= 15 is 0 Å². The van der Waals surface area contributed by atoms with Crippen molar-refractivity contribution in [3.63, 3.8) is 0 Å². The van der Waals surface area contributed by atoms with Crippen molar-refractivity contribution in [1.29, 1.82) is 0 Å². The summed E-state index contributed by atoms with van der Waals surface area (Å²) in [6.07, 6.45) is 0. The maximum atomic E-state index is 6.08. The summed E-state index contributed by atoms with van der Waals surface area (Å²) < 4.78 is 11.4. The largest absolute Gasteiger partial charge is 0.437 e. The maximum absolute atomic E-state index is 6.08. The lowest BCUT2D eigenvalue weighted by Gasteiger charge is -2.34. The van der Waals surface area contributed by atoms with Gasteiger partial charge in [-0.2, -0.15) is 0 Å². The molecule has 0 aliphatic rings. The summed E-state index contributed by atoms with van der Waals surface area (Å²) in [4.78, 5) is 0. The Morgan fingerprint density at radius 3 is 1.58 bits per heavy atom. The fourth-order valence-electron chi connectivity index (χ4n) is 1.12. The second-order valence-electron chi connectivity index (χ2n) is 3.93. The first kappa shape index (κ1) is 12.6. The van der Waals surface area contributed by atoms with Crippen LogP contribution in [0.25, 0.3) is 0 Å². The van der Waals surface area contributed by atoms with Gasteiger partial charge in [0, 0.05) is 0 Å². The molecule has 0 aliphatic carbocycles. The lowest BCUT2D eigenvalue weighted by Crippen LogP contribution is -2.48. The van der Waals surface area contributed by atoms with Crippen molar-refractivity contribution in [2.45, 2.75) is 45.6 Å². The second kappa shape index (κ2) is 4.71. The summed E-state index contributed by atoms with van der Waals surface area (Å²) in [5.41, 5.74) is 0. The summed E-state index contributed by atoms with van der Waals surface area (Å²) in [6, 6.07) is 2.02. The first-order valence-electron chi connectivity index (χ1n) is 4.44. The Bertz CT molecular complexity index is 121. The summed E-state index contributed by atoms with van der Waals surface area (Å²) in [7, 11) is -0.174. The van der Waals surface area contributed by atoms with E-state index in [1.54, 1.807) is 0 Å². The van der Waals surface area contributed by atoms with Crippen LogP contribution in [0.15, 0.2) is 0 Å². The predicted octanol–water partition coefficient (Wildman–Crippen LogP) is 2.42. The highest BCUT2D eigenvalue weighted by Gasteiger charge is 2.36. The molecular weight excluding hydrogens is 200 g/mol. The molecule has 0 aromatic carbocycles. The Morgan fingerprint density at radius 2 is 1.50 bits per heavy atom. The molecule has 0 saturated carbocycles. The van der Waals surface area contributed by atoms with Gasteiger partial charge in [-0.05, 0) is 31.7 Å². The highest BCUT2D eigenvalue weighted by atomic mass is 28.5. The molecule has 0 aliphatic heterocycles. The van der Waals surface area contributed by atoms with E-state index in [2.05, 4.69) is 44.0 Å². The third kappa shape index (κ3) is 3.99. The molecule has 0 atom stereocenters. The van der Waals surface area contributed by atoms with Crippen molar-refractivity contribution in [2.75, 3.05) is 0 Å². The third-order valence-electron chi connectivity index (χ3n) is 1.76. The number of hydrogen-bond donors (Lipinski definition) is 0. The van der Waals surface area contributed by atoms with Gasteiger partial charge in [0.1, 0.15) is 0 Å². The first-order valence-corrected chi connectivity index (χ1v) is 10.5. The zero-order valence-electron chi connectivity index (χ0n) is 8.73. The molecule has 0 bridgehead atoms. The van der Waals surface area contributed by atoms with Gasteiger partial charge in [-0.1, -0.05) is 13.8 Å². The van der Waals surface area contributed by atoms with Crippen molar-refractivity contribution >= 4 is 27.4 Å². The topological polar surface area (TPSA) is 18.5 Å². The van der Waals surface area contributed by atoms with Crippen LogP contribution in [-0.2, 0) is 8.23 Å². The minimum Gasteiger partial charge on any atom is -0.437 e. The normalized spacial score (nSPS) is 13.5. The standard InChI is InChI=1S/C7H19O2Si3/c1-6-12(7-2,8-10)9-11(3,4)5/h6-7H2,1-5H3. The number of rotatable bonds is 5. The van der Waals surface area contributed by atoms with Crippen LogP contribution in [0.2, 0.25) is 31.7 Å². The van der Waals surface area contributed by atoms with E-state index < -0.39 is 16.9 Å². The molecule has 0 fully saturated rings. The van der Waals surface area contributed by atoms with Gasteiger partial charge < -0.3 is 8.23 Å². The molecule has 5 heteroatoms. The van der Waals surface area contributed by atoms with Crippen LogP contribution in [0.4, 0.5) is 0 Å². The zero-order valence-corrected chi connectivity index (χ0v) is 11.7. The van der Waals surface area contributed by atoms with Crippen molar-refractivity contribution in [3.05, 3.63) is 0 Å². The van der Waals surface area contributed by atoms with Crippen LogP contribution in [0, 0.1) is 0 Å². The van der Waals surface area contributed by atoms with Crippen LogP contribution in [-0.4, -0.2) is 27.4 Å². The highest BCUT2D eigenvalue weighted by Crippen LogP contribution is 2.22. The van der Waals surface area contributed by atoms with Gasteiger partial charge in [0.25, 0.3) is 0 Å². The van der Waals surface area contributed by atoms with E-state index in [4.69, 9.17) is 8.23 Å². The van der Waals surface area contributed by atoms with Crippen molar-refractivity contribution in [1.82, 2.24) is 0 Å². The van der Waals surface area contributed by atoms with Gasteiger partial charge in [-0.25, -0.2) is 0 Å². The fourth-order valence-corrected chi connectivity index (χ4v) is 8.93. The Hall–Kier alpha value is 0.571. The average molecular weight is 219 g/mol. The Morgan fingerprint density at radius 1 is 1.08 bits per heavy atom. The van der Waals surface area contributed by atoms with Crippen LogP contribution in [0.5, 0.6) is 0 Å². The molecule has 0 rings (SSSR count). The van der Waals surface area contributed by atoms with Crippen molar-refractivity contribution < 1.29 is 8.23 Å². The minimum atomic E-state index is -1.88. The molecule has 0 aromatic rings. The van der Waals surface area contributed by atoms with Crippen molar-refractivity contribution in [3.8, 4) is 0 Å². The van der Waals surface area contributed by atoms with Gasteiger partial charge in [0.2, 0.25) is 10.5 Å². The fraction of sp³-hybridized carbons (Fsp3) is 1.00. The maximum Gasteiger partial charge on any atom is 0.316 e. The van der Waals surface area contributed by atoms with Crippen LogP contribution < -0.4 is 0 Å². The lowest BCUT2D eigenvalue weighted by atomic mass is 10.9. The van der Waals surface area contributed by atoms with E-state index in [9.17, 15) is 0 Å². The molecule has 71 valence electrons. The molecule has 2 nitrogen and oxygen atoms in total. The molecular formula is C7H19O2Si3. The second-order valence-corrected chi connectivity index (χ2v) is 13.0. The Balaban J connectivity index is 4.30. The molecule has 3 radical (unpaired) electrons. The molecule has 12 heavy (non-hydrogen) atoms. The van der Waals surface area contributed by atoms with E-state index in [1.807, 2.05) is 0 Å². The third-order valence-corrected chi connectivity index (χ3v) is 9.34. The van der Waals surface area contributed by atoms with E-state index in [1.165, 1.54) is 0 Å². The highest BCUT2D eigenvalue weighted by molar-refractivity contribution is 6.83. The van der Waals surface area contributed by atoms with E-state index in [-0.39, 0.29) is 0 Å². The molecule has 0 unspecified atom stereocenters. The van der Waals surface area contributed by atoms with E-state index in [0.29, 0.717) is 0 Å². The summed E-state index contributed by atoms with van der Waals surface area (Å²) in [5.74, 6) is 0. The van der Waals surface area contributed by atoms with Gasteiger partial charge in [-0.3, -0.25) is 0 Å². The van der Waals surface area contributed by atoms with Gasteiger partial charge >= 0.3 is 8.56 Å². The molecule has 0 spiro atoms. The summed E-state index contributed by atoms with van der Waals surface area (Å²) in [5, 5.41) is 0. The van der Waals surface area contributed by atoms with Gasteiger partial charge in [0.05, 0.1) is 0 Å². The van der Waals surface area contributed by atoms with Crippen LogP contribution >= 0.6 is 0 Å². The lowest BCUT2D eigenvalue weighted by molar-refractivity contribution is 0.398. The average Bonchev–Trinajstić information content (AvgIpc) is 1.99. The van der Waals surface area contributed by atoms with Gasteiger partial charge in [-0.15, -0.1) is 0 Å². The molecule has 0 N–H and O–H groups in total. The summed E-state index contributed by atoms with van der Waals surface area (Å²) >= 11 is 0. The molecule has 0 aromatic heterocycles. The predicted molar refractivity (Wildman–Crippen MR) is 58.0 cm³/mol. The van der Waals surface area contributed by atoms with Crippen LogP contribution in [0.3, 0.4) is 0 Å². The van der Waals surface area contributed by atoms with Crippen molar-refractivity contribution in [2.24, 2.45) is 0 Å². The zero-order chi connectivity index (χ0) is 9.83. The molecule has 0 amide bonds.